The largest absolute Gasteiger partial charge is 0.444 e. The Morgan fingerprint density at radius 1 is 0.744 bits per heavy atom. The molecule has 0 unspecified atom stereocenters. The molecule has 0 aromatic heterocycles. The first-order valence-electron chi connectivity index (χ1n) is 12.9. The zero-order valence-corrected chi connectivity index (χ0v) is 26.7. The van der Waals surface area contributed by atoms with Gasteiger partial charge in [0.15, 0.2) is 0 Å². The van der Waals surface area contributed by atoms with Crippen molar-refractivity contribution in [3.05, 3.63) is 0 Å². The van der Waals surface area contributed by atoms with Crippen LogP contribution in [0, 0.1) is 0 Å². The van der Waals surface area contributed by atoms with Crippen molar-refractivity contribution in [2.75, 3.05) is 12.5 Å². The number of aliphatic hydroxyl groups is 1. The molecule has 0 aliphatic heterocycles. The summed E-state index contributed by atoms with van der Waals surface area (Å²) >= 11 is 0. The van der Waals surface area contributed by atoms with E-state index in [-0.39, 0.29) is 12.1 Å². The smallest absolute Gasteiger partial charge is 0.407 e. The fourth-order valence-corrected chi connectivity index (χ4v) is 4.48. The van der Waals surface area contributed by atoms with Crippen LogP contribution in [0.5, 0.6) is 0 Å². The van der Waals surface area contributed by atoms with E-state index in [2.05, 4.69) is 21.3 Å². The topological polar surface area (TPSA) is 174 Å². The van der Waals surface area contributed by atoms with Gasteiger partial charge >= 0.3 is 12.2 Å². The van der Waals surface area contributed by atoms with E-state index in [9.17, 15) is 31.5 Å². The molecule has 0 aromatic carbocycles. The van der Waals surface area contributed by atoms with Crippen molar-refractivity contribution in [3.63, 3.8) is 0 Å². The number of nitrogens with one attached hydrogen (secondary N) is 2. The summed E-state index contributed by atoms with van der Waals surface area (Å²) in [5.74, 6) is 0. The first kappa shape index (κ1) is 37.6. The highest BCUT2D eigenvalue weighted by molar-refractivity contribution is 8.13. The quantitative estimate of drug-likeness (QED) is 0.309. The van der Waals surface area contributed by atoms with E-state index in [4.69, 9.17) is 13.7 Å². The summed E-state index contributed by atoms with van der Waals surface area (Å²) in [5.41, 5.74) is -1.06. The minimum atomic E-state index is -3.52. The highest BCUT2D eigenvalue weighted by atomic mass is 35.7. The van der Waals surface area contributed by atoms with Crippen LogP contribution in [0.25, 0.3) is 0 Å². The molecule has 2 aliphatic carbocycles. The van der Waals surface area contributed by atoms with E-state index in [1.165, 1.54) is 0 Å². The van der Waals surface area contributed by atoms with Gasteiger partial charge in [0.05, 0.1) is 36.8 Å². The van der Waals surface area contributed by atoms with Gasteiger partial charge in [0.1, 0.15) is 11.2 Å². The lowest BCUT2D eigenvalue weighted by Gasteiger charge is -2.31. The second-order valence-electron chi connectivity index (χ2n) is 11.7. The molecule has 232 valence electrons. The second kappa shape index (κ2) is 16.2. The molecule has 3 N–H and O–H groups in total. The molecule has 12 nitrogen and oxygen atoms in total. The molecule has 0 heterocycles. The number of hydrogen-bond donors (Lipinski definition) is 3. The molecule has 0 radical (unpaired) electrons. The molecule has 2 aliphatic rings. The number of alkyl carbamates (subject to hydrolysis) is 2. The van der Waals surface area contributed by atoms with Gasteiger partial charge in [-0.2, -0.15) is 8.42 Å². The van der Waals surface area contributed by atoms with Crippen molar-refractivity contribution in [1.29, 1.82) is 0 Å². The van der Waals surface area contributed by atoms with Crippen molar-refractivity contribution in [2.45, 2.75) is 128 Å². The number of ether oxygens (including phenoxy) is 2. The Bertz CT molecular complexity index is 968. The lowest BCUT2D eigenvalue weighted by Crippen LogP contribution is -2.48. The molecule has 0 aromatic rings. The number of halogens is 1. The molecule has 4 atom stereocenters. The second-order valence-corrected chi connectivity index (χ2v) is 16.3. The zero-order valence-electron chi connectivity index (χ0n) is 24.3. The van der Waals surface area contributed by atoms with Gasteiger partial charge in [-0.1, -0.05) is 25.7 Å². The summed E-state index contributed by atoms with van der Waals surface area (Å²) in [6, 6.07) is -0.466. The molecule has 0 bridgehead atoms. The van der Waals surface area contributed by atoms with Crippen molar-refractivity contribution in [3.8, 4) is 0 Å². The Hall–Kier alpha value is -1.35. The average Bonchev–Trinajstić information content (AvgIpc) is 2.66. The predicted molar refractivity (Wildman–Crippen MR) is 150 cm³/mol. The van der Waals surface area contributed by atoms with Crippen LogP contribution in [0.4, 0.5) is 9.59 Å². The maximum absolute atomic E-state index is 11.7. The molecule has 0 spiro atoms. The molecule has 2 amide bonds. The Morgan fingerprint density at radius 2 is 1.10 bits per heavy atom. The van der Waals surface area contributed by atoms with E-state index >= 15 is 0 Å². The summed E-state index contributed by atoms with van der Waals surface area (Å²) in [7, 11) is -2.21. The van der Waals surface area contributed by atoms with Gasteiger partial charge in [-0.3, -0.25) is 4.18 Å². The van der Waals surface area contributed by atoms with Gasteiger partial charge in [-0.25, -0.2) is 18.0 Å². The monoisotopic (exact) mass is 622 g/mol. The predicted octanol–water partition coefficient (Wildman–Crippen LogP) is 3.80. The first-order chi connectivity index (χ1) is 17.5. The van der Waals surface area contributed by atoms with Gasteiger partial charge in [0.2, 0.25) is 9.05 Å². The lowest BCUT2D eigenvalue weighted by molar-refractivity contribution is 0.0362. The van der Waals surface area contributed by atoms with Crippen LogP contribution in [0.2, 0.25) is 0 Å². The Balaban J connectivity index is 0.000000643. The highest BCUT2D eigenvalue weighted by Gasteiger charge is 2.31. The zero-order chi connectivity index (χ0) is 30.7. The number of hydrogen-bond acceptors (Lipinski definition) is 10. The van der Waals surface area contributed by atoms with Gasteiger partial charge in [0, 0.05) is 10.7 Å². The van der Waals surface area contributed by atoms with Gasteiger partial charge < -0.3 is 25.2 Å². The average molecular weight is 623 g/mol. The van der Waals surface area contributed by atoms with Crippen LogP contribution in [0.1, 0.15) is 92.9 Å². The summed E-state index contributed by atoms with van der Waals surface area (Å²) in [6.07, 6.45) is 6.87. The van der Waals surface area contributed by atoms with E-state index in [1.807, 2.05) is 20.8 Å². The van der Waals surface area contributed by atoms with Crippen molar-refractivity contribution < 1.29 is 45.2 Å². The van der Waals surface area contributed by atoms with Crippen LogP contribution in [-0.2, 0) is 32.8 Å². The third kappa shape index (κ3) is 23.1. The van der Waals surface area contributed by atoms with Gasteiger partial charge in [0.25, 0.3) is 10.1 Å². The van der Waals surface area contributed by atoms with Crippen molar-refractivity contribution in [2.24, 2.45) is 0 Å². The number of aliphatic hydroxyl groups excluding tert-OH is 1. The summed E-state index contributed by atoms with van der Waals surface area (Å²) in [5, 5.41) is 15.1. The minimum Gasteiger partial charge on any atom is -0.444 e. The maximum atomic E-state index is 11.7. The molecule has 2 fully saturated rings. The number of carbonyl (C=O) groups is 2. The molecule has 39 heavy (non-hydrogen) atoms. The minimum absolute atomic E-state index is 0.145. The molecule has 2 rings (SSSR count). The maximum Gasteiger partial charge on any atom is 0.407 e. The van der Waals surface area contributed by atoms with Crippen LogP contribution >= 0.6 is 10.7 Å². The molecular weight excluding hydrogens is 576 g/mol. The molecule has 15 heteroatoms. The third-order valence-corrected chi connectivity index (χ3v) is 5.73. The van der Waals surface area contributed by atoms with Crippen LogP contribution in [-0.4, -0.2) is 82.1 Å². The van der Waals surface area contributed by atoms with Gasteiger partial charge in [-0.05, 0) is 67.2 Å². The number of carbonyl (C=O) groups excluding carboxylic acids is 2. The van der Waals surface area contributed by atoms with E-state index in [1.54, 1.807) is 20.8 Å². The normalized spacial score (nSPS) is 24.1. The van der Waals surface area contributed by atoms with Gasteiger partial charge in [-0.15, -0.1) is 0 Å². The van der Waals surface area contributed by atoms with Crippen molar-refractivity contribution in [1.82, 2.24) is 10.6 Å². The standard InChI is InChI=1S/C12H23NO5S.C11H21NO3.CH3ClO2S/c1-12(2,3)17-11(14)13-9-7-5-6-8-10(9)18-19(4,15)16;1-11(2,3)15-10(14)12-8-6-4-5-7-9(8)13;1-5(2,3)4/h9-10H,5-8H2,1-4H3,(H,13,14);8-9,13H,4-7H2,1-3H3,(H,12,14);1H3/t9-,10-;8-,9-;/m11./s1. The Labute approximate surface area is 238 Å². The third-order valence-electron chi connectivity index (χ3n) is 5.13. The summed E-state index contributed by atoms with van der Waals surface area (Å²) in [4.78, 5) is 23.1. The molecular formula is C24H47ClN2O10S2. The van der Waals surface area contributed by atoms with E-state index < -0.39 is 54.8 Å². The molecule has 0 saturated heterocycles. The van der Waals surface area contributed by atoms with Crippen LogP contribution < -0.4 is 10.6 Å². The Kier molecular flexibility index (Phi) is 15.6. The molecule has 2 saturated carbocycles. The van der Waals surface area contributed by atoms with Crippen LogP contribution in [0.15, 0.2) is 0 Å². The summed E-state index contributed by atoms with van der Waals surface area (Å²) in [6.45, 7) is 10.8. The fourth-order valence-electron chi connectivity index (χ4n) is 3.80. The highest BCUT2D eigenvalue weighted by Crippen LogP contribution is 2.23. The SMILES string of the molecule is CC(C)(C)OC(=O)N[C@@H]1CCCC[C@H]1O.CC(C)(C)OC(=O)N[C@@H]1CCCC[C@H]1OS(C)(=O)=O.CS(=O)(=O)Cl. The Morgan fingerprint density at radius 3 is 1.49 bits per heavy atom. The fraction of sp³-hybridized carbons (Fsp3) is 0.917. The number of amides is 2. The number of rotatable bonds is 4. The lowest BCUT2D eigenvalue weighted by atomic mass is 9.93. The summed E-state index contributed by atoms with van der Waals surface area (Å²) < 4.78 is 56.5. The van der Waals surface area contributed by atoms with Crippen LogP contribution in [0.3, 0.4) is 0 Å². The van der Waals surface area contributed by atoms with E-state index in [0.29, 0.717) is 12.8 Å². The van der Waals surface area contributed by atoms with Crippen molar-refractivity contribution >= 4 is 42.0 Å². The first-order valence-corrected chi connectivity index (χ1v) is 17.4. The van der Waals surface area contributed by atoms with E-state index in [0.717, 1.165) is 51.0 Å².